The highest BCUT2D eigenvalue weighted by atomic mass is 15.2. The molecule has 1 unspecified atom stereocenters. The molecule has 1 heterocycles. The highest BCUT2D eigenvalue weighted by Crippen LogP contribution is 2.22. The molecule has 1 atom stereocenters. The van der Waals surface area contributed by atoms with Crippen molar-refractivity contribution >= 4 is 0 Å². The van der Waals surface area contributed by atoms with E-state index < -0.39 is 0 Å². The summed E-state index contributed by atoms with van der Waals surface area (Å²) in [5.41, 5.74) is -0.264. The molecule has 1 aliphatic rings. The molecule has 0 aliphatic carbocycles. The third-order valence-electron chi connectivity index (χ3n) is 3.60. The monoisotopic (exact) mass is 223 g/mol. The zero-order valence-corrected chi connectivity index (χ0v) is 10.9. The van der Waals surface area contributed by atoms with Gasteiger partial charge in [-0.05, 0) is 39.2 Å². The maximum Gasteiger partial charge on any atom is 0.109 e. The van der Waals surface area contributed by atoms with Crippen molar-refractivity contribution in [3.8, 4) is 6.07 Å². The number of rotatable bonds is 5. The first-order valence-electron chi connectivity index (χ1n) is 6.57. The summed E-state index contributed by atoms with van der Waals surface area (Å²) in [6, 6.07) is 2.95. The van der Waals surface area contributed by atoms with Crippen LogP contribution in [0.3, 0.4) is 0 Å². The van der Waals surface area contributed by atoms with E-state index in [0.717, 1.165) is 32.4 Å². The zero-order valence-electron chi connectivity index (χ0n) is 10.9. The molecule has 3 heteroatoms. The Morgan fingerprint density at radius 1 is 1.38 bits per heavy atom. The Bertz CT molecular complexity index is 236. The third-order valence-corrected chi connectivity index (χ3v) is 3.60. The summed E-state index contributed by atoms with van der Waals surface area (Å²) in [5, 5.41) is 12.9. The molecule has 0 radical (unpaired) electrons. The predicted octanol–water partition coefficient (Wildman–Crippen LogP) is 2.14. The van der Waals surface area contributed by atoms with Crippen LogP contribution in [-0.4, -0.2) is 36.1 Å². The Morgan fingerprint density at radius 3 is 2.44 bits per heavy atom. The van der Waals surface area contributed by atoms with Crippen molar-refractivity contribution in [1.29, 1.82) is 5.26 Å². The molecule has 0 aromatic carbocycles. The quantitative estimate of drug-likeness (QED) is 0.776. The average molecular weight is 223 g/mol. The number of hydrogen-bond acceptors (Lipinski definition) is 3. The molecule has 1 rings (SSSR count). The van der Waals surface area contributed by atoms with Gasteiger partial charge in [-0.3, -0.25) is 5.32 Å². The lowest BCUT2D eigenvalue weighted by Gasteiger charge is -2.39. The van der Waals surface area contributed by atoms with Gasteiger partial charge in [-0.25, -0.2) is 0 Å². The first-order valence-corrected chi connectivity index (χ1v) is 6.57. The maximum atomic E-state index is 9.37. The molecule has 1 aliphatic heterocycles. The van der Waals surface area contributed by atoms with Gasteiger partial charge in [-0.15, -0.1) is 0 Å². The van der Waals surface area contributed by atoms with Crippen LogP contribution in [0.4, 0.5) is 0 Å². The molecule has 1 fully saturated rings. The van der Waals surface area contributed by atoms with Crippen LogP contribution in [0, 0.1) is 11.3 Å². The van der Waals surface area contributed by atoms with E-state index in [0.29, 0.717) is 6.04 Å². The van der Waals surface area contributed by atoms with Crippen LogP contribution in [0.15, 0.2) is 0 Å². The Hall–Kier alpha value is -0.590. The van der Waals surface area contributed by atoms with Crippen LogP contribution >= 0.6 is 0 Å². The molecule has 0 bridgehead atoms. The molecule has 0 amide bonds. The van der Waals surface area contributed by atoms with E-state index in [1.54, 1.807) is 0 Å². The molecule has 0 saturated carbocycles. The van der Waals surface area contributed by atoms with Gasteiger partial charge in [0, 0.05) is 19.1 Å². The van der Waals surface area contributed by atoms with Gasteiger partial charge in [0.05, 0.1) is 6.07 Å². The van der Waals surface area contributed by atoms with Gasteiger partial charge in [0.25, 0.3) is 0 Å². The zero-order chi connectivity index (χ0) is 12.0. The van der Waals surface area contributed by atoms with Crippen molar-refractivity contribution in [2.24, 2.45) is 0 Å². The van der Waals surface area contributed by atoms with Crippen LogP contribution < -0.4 is 5.32 Å². The van der Waals surface area contributed by atoms with Crippen LogP contribution in [0.1, 0.15) is 46.5 Å². The van der Waals surface area contributed by atoms with Crippen molar-refractivity contribution in [2.75, 3.05) is 19.6 Å². The number of nitrogens with zero attached hydrogens (tertiary/aromatic N) is 2. The Balaban J connectivity index is 2.49. The minimum absolute atomic E-state index is 0.264. The second-order valence-corrected chi connectivity index (χ2v) is 4.99. The third kappa shape index (κ3) is 3.47. The summed E-state index contributed by atoms with van der Waals surface area (Å²) in [6.07, 6.45) is 4.22. The van der Waals surface area contributed by atoms with E-state index in [9.17, 15) is 5.26 Å². The SMILES string of the molecule is CCCN1CCC(C#N)(NC(C)CC)CC1. The van der Waals surface area contributed by atoms with Crippen molar-refractivity contribution in [3.05, 3.63) is 0 Å². The predicted molar refractivity (Wildman–Crippen MR) is 67.2 cm³/mol. The number of piperidine rings is 1. The summed E-state index contributed by atoms with van der Waals surface area (Å²) >= 11 is 0. The molecule has 1 saturated heterocycles. The van der Waals surface area contributed by atoms with Crippen molar-refractivity contribution in [1.82, 2.24) is 10.2 Å². The minimum atomic E-state index is -0.264. The van der Waals surface area contributed by atoms with Crippen molar-refractivity contribution in [2.45, 2.75) is 58.0 Å². The Kier molecular flexibility index (Phi) is 5.24. The summed E-state index contributed by atoms with van der Waals surface area (Å²) in [5.74, 6) is 0. The molecule has 0 aromatic heterocycles. The topological polar surface area (TPSA) is 39.1 Å². The van der Waals surface area contributed by atoms with E-state index in [-0.39, 0.29) is 5.54 Å². The highest BCUT2D eigenvalue weighted by Gasteiger charge is 2.34. The van der Waals surface area contributed by atoms with E-state index in [4.69, 9.17) is 0 Å². The number of likely N-dealkylation sites (tertiary alicyclic amines) is 1. The molecular weight excluding hydrogens is 198 g/mol. The molecule has 3 nitrogen and oxygen atoms in total. The Labute approximate surface area is 99.8 Å². The lowest BCUT2D eigenvalue weighted by atomic mass is 9.88. The second kappa shape index (κ2) is 6.22. The number of hydrogen-bond donors (Lipinski definition) is 1. The molecule has 1 N–H and O–H groups in total. The first-order chi connectivity index (χ1) is 7.65. The smallest absolute Gasteiger partial charge is 0.109 e. The van der Waals surface area contributed by atoms with E-state index >= 15 is 0 Å². The first kappa shape index (κ1) is 13.5. The van der Waals surface area contributed by atoms with E-state index in [1.807, 2.05) is 0 Å². The maximum absolute atomic E-state index is 9.37. The summed E-state index contributed by atoms with van der Waals surface area (Å²) < 4.78 is 0. The second-order valence-electron chi connectivity index (χ2n) is 4.99. The number of nitrogens with one attached hydrogen (secondary N) is 1. The van der Waals surface area contributed by atoms with Gasteiger partial charge in [-0.1, -0.05) is 13.8 Å². The van der Waals surface area contributed by atoms with Crippen molar-refractivity contribution < 1.29 is 0 Å². The van der Waals surface area contributed by atoms with Gasteiger partial charge in [0.2, 0.25) is 0 Å². The van der Waals surface area contributed by atoms with Crippen molar-refractivity contribution in [3.63, 3.8) is 0 Å². The molecular formula is C13H25N3. The molecule has 92 valence electrons. The van der Waals surface area contributed by atoms with E-state index in [2.05, 4.69) is 37.1 Å². The fourth-order valence-electron chi connectivity index (χ4n) is 2.34. The largest absolute Gasteiger partial charge is 0.303 e. The van der Waals surface area contributed by atoms with Crippen LogP contribution in [-0.2, 0) is 0 Å². The minimum Gasteiger partial charge on any atom is -0.303 e. The molecule has 16 heavy (non-hydrogen) atoms. The van der Waals surface area contributed by atoms with Gasteiger partial charge in [0.15, 0.2) is 0 Å². The fourth-order valence-corrected chi connectivity index (χ4v) is 2.34. The lowest BCUT2D eigenvalue weighted by Crippen LogP contribution is -2.55. The van der Waals surface area contributed by atoms with Crippen LogP contribution in [0.5, 0.6) is 0 Å². The van der Waals surface area contributed by atoms with E-state index in [1.165, 1.54) is 13.0 Å². The van der Waals surface area contributed by atoms with Gasteiger partial charge in [-0.2, -0.15) is 5.26 Å². The molecule has 0 aromatic rings. The summed E-state index contributed by atoms with van der Waals surface area (Å²) in [4.78, 5) is 2.47. The normalized spacial score (nSPS) is 22.6. The van der Waals surface area contributed by atoms with Crippen LogP contribution in [0.25, 0.3) is 0 Å². The Morgan fingerprint density at radius 2 is 2.00 bits per heavy atom. The lowest BCUT2D eigenvalue weighted by molar-refractivity contribution is 0.159. The van der Waals surface area contributed by atoms with Gasteiger partial charge < -0.3 is 4.90 Å². The highest BCUT2D eigenvalue weighted by molar-refractivity contribution is 5.10. The number of nitriles is 1. The van der Waals surface area contributed by atoms with Gasteiger partial charge >= 0.3 is 0 Å². The van der Waals surface area contributed by atoms with Gasteiger partial charge in [0.1, 0.15) is 5.54 Å². The summed E-state index contributed by atoms with van der Waals surface area (Å²) in [7, 11) is 0. The fraction of sp³-hybridized carbons (Fsp3) is 0.923. The standard InChI is InChI=1S/C13H25N3/c1-4-8-16-9-6-13(11-14,7-10-16)15-12(3)5-2/h12,15H,4-10H2,1-3H3. The van der Waals surface area contributed by atoms with Crippen LogP contribution in [0.2, 0.25) is 0 Å². The summed E-state index contributed by atoms with van der Waals surface area (Å²) in [6.45, 7) is 9.83. The average Bonchev–Trinajstić information content (AvgIpc) is 2.32. The molecule has 0 spiro atoms.